The lowest BCUT2D eigenvalue weighted by molar-refractivity contribution is 0.0522. The highest BCUT2D eigenvalue weighted by molar-refractivity contribution is 5.68. The molecule has 1 amide bonds. The number of rotatable bonds is 4. The summed E-state index contributed by atoms with van der Waals surface area (Å²) in [7, 11) is 0. The van der Waals surface area contributed by atoms with Gasteiger partial charge in [0, 0.05) is 31.0 Å². The van der Waals surface area contributed by atoms with Gasteiger partial charge < -0.3 is 20.4 Å². The topological polar surface area (TPSA) is 66.2 Å². The Kier molecular flexibility index (Phi) is 3.61. The second kappa shape index (κ2) is 5.02. The molecular formula is C13H21N3O2. The van der Waals surface area contributed by atoms with E-state index in [1.165, 1.54) is 5.56 Å². The zero-order chi connectivity index (χ0) is 13.2. The van der Waals surface area contributed by atoms with Crippen LogP contribution in [0.3, 0.4) is 0 Å². The van der Waals surface area contributed by atoms with Crippen molar-refractivity contribution in [2.75, 3.05) is 0 Å². The van der Waals surface area contributed by atoms with Crippen LogP contribution in [-0.4, -0.2) is 28.8 Å². The van der Waals surface area contributed by atoms with E-state index in [2.05, 4.69) is 15.6 Å². The Bertz CT molecular complexity index is 395. The Labute approximate surface area is 107 Å². The fourth-order valence-electron chi connectivity index (χ4n) is 1.76. The lowest BCUT2D eigenvalue weighted by Gasteiger charge is -2.19. The summed E-state index contributed by atoms with van der Waals surface area (Å²) in [6, 6.07) is 2.58. The summed E-state index contributed by atoms with van der Waals surface area (Å²) < 4.78 is 5.20. The quantitative estimate of drug-likeness (QED) is 0.764. The number of aromatic nitrogens is 1. The number of ether oxygens (including phenoxy) is 1. The highest BCUT2D eigenvalue weighted by Crippen LogP contribution is 2.22. The van der Waals surface area contributed by atoms with Gasteiger partial charge >= 0.3 is 6.09 Å². The number of amides is 1. The molecule has 5 heteroatoms. The molecule has 0 aromatic carbocycles. The fourth-order valence-corrected chi connectivity index (χ4v) is 1.76. The van der Waals surface area contributed by atoms with E-state index in [1.807, 2.05) is 39.2 Å². The normalized spacial score (nSPS) is 22.6. The molecule has 5 nitrogen and oxygen atoms in total. The van der Waals surface area contributed by atoms with Crippen LogP contribution in [0.4, 0.5) is 4.79 Å². The van der Waals surface area contributed by atoms with Crippen molar-refractivity contribution >= 4 is 6.09 Å². The van der Waals surface area contributed by atoms with Crippen LogP contribution in [-0.2, 0) is 11.3 Å². The molecule has 1 aliphatic rings. The molecule has 2 unspecified atom stereocenters. The molecule has 100 valence electrons. The van der Waals surface area contributed by atoms with Crippen molar-refractivity contribution < 1.29 is 9.53 Å². The maximum Gasteiger partial charge on any atom is 0.407 e. The van der Waals surface area contributed by atoms with Crippen molar-refractivity contribution in [1.29, 1.82) is 0 Å². The first-order valence-corrected chi connectivity index (χ1v) is 6.28. The van der Waals surface area contributed by atoms with Gasteiger partial charge in [0.05, 0.1) is 0 Å². The molecule has 18 heavy (non-hydrogen) atoms. The smallest absolute Gasteiger partial charge is 0.407 e. The van der Waals surface area contributed by atoms with Crippen molar-refractivity contribution in [2.45, 2.75) is 51.4 Å². The first-order valence-electron chi connectivity index (χ1n) is 6.28. The van der Waals surface area contributed by atoms with Gasteiger partial charge in [-0.1, -0.05) is 0 Å². The zero-order valence-electron chi connectivity index (χ0n) is 11.1. The lowest BCUT2D eigenvalue weighted by atomic mass is 10.2. The number of H-pyrrole nitrogens is 1. The molecule has 1 fully saturated rings. The average Bonchev–Trinajstić information content (AvgIpc) is 2.76. The molecule has 1 aromatic heterocycles. The monoisotopic (exact) mass is 251 g/mol. The summed E-state index contributed by atoms with van der Waals surface area (Å²) >= 11 is 0. The molecule has 2 rings (SSSR count). The van der Waals surface area contributed by atoms with E-state index in [0.29, 0.717) is 6.04 Å². The molecule has 1 saturated carbocycles. The average molecular weight is 251 g/mol. The van der Waals surface area contributed by atoms with E-state index in [4.69, 9.17) is 4.74 Å². The summed E-state index contributed by atoms with van der Waals surface area (Å²) in [5, 5.41) is 6.25. The van der Waals surface area contributed by atoms with Gasteiger partial charge in [-0.2, -0.15) is 0 Å². The van der Waals surface area contributed by atoms with E-state index < -0.39 is 5.60 Å². The van der Waals surface area contributed by atoms with Crippen LogP contribution in [0.25, 0.3) is 0 Å². The second-order valence-electron chi connectivity index (χ2n) is 5.70. The number of hydrogen-bond donors (Lipinski definition) is 3. The highest BCUT2D eigenvalue weighted by atomic mass is 16.6. The Hall–Kier alpha value is -1.49. The number of aromatic amines is 1. The largest absolute Gasteiger partial charge is 0.444 e. The molecule has 0 aliphatic heterocycles. The van der Waals surface area contributed by atoms with Gasteiger partial charge in [0.25, 0.3) is 0 Å². The van der Waals surface area contributed by atoms with Crippen molar-refractivity contribution in [2.24, 2.45) is 0 Å². The Morgan fingerprint density at radius 2 is 2.28 bits per heavy atom. The maximum absolute atomic E-state index is 11.5. The predicted molar refractivity (Wildman–Crippen MR) is 69.2 cm³/mol. The summed E-state index contributed by atoms with van der Waals surface area (Å²) in [6.07, 6.45) is 4.49. The van der Waals surface area contributed by atoms with E-state index in [0.717, 1.165) is 13.0 Å². The van der Waals surface area contributed by atoms with Crippen LogP contribution in [0.15, 0.2) is 18.5 Å². The van der Waals surface area contributed by atoms with Crippen molar-refractivity contribution in [1.82, 2.24) is 15.6 Å². The third-order valence-corrected chi connectivity index (χ3v) is 2.72. The molecule has 0 radical (unpaired) electrons. The van der Waals surface area contributed by atoms with E-state index in [9.17, 15) is 4.79 Å². The number of carbonyl (C=O) groups is 1. The van der Waals surface area contributed by atoms with Crippen LogP contribution < -0.4 is 10.6 Å². The minimum atomic E-state index is -0.437. The van der Waals surface area contributed by atoms with Gasteiger partial charge in [-0.15, -0.1) is 0 Å². The van der Waals surface area contributed by atoms with Gasteiger partial charge in [0.15, 0.2) is 0 Å². The number of hydrogen-bond acceptors (Lipinski definition) is 3. The summed E-state index contributed by atoms with van der Waals surface area (Å²) in [4.78, 5) is 14.5. The van der Waals surface area contributed by atoms with Crippen LogP contribution in [0.1, 0.15) is 32.8 Å². The number of nitrogens with one attached hydrogen (secondary N) is 3. The second-order valence-corrected chi connectivity index (χ2v) is 5.70. The summed E-state index contributed by atoms with van der Waals surface area (Å²) in [6.45, 7) is 6.41. The molecule has 0 bridgehead atoms. The first kappa shape index (κ1) is 13.0. The molecule has 1 aliphatic carbocycles. The van der Waals surface area contributed by atoms with E-state index in [1.54, 1.807) is 0 Å². The SMILES string of the molecule is CC(C)(C)OC(=O)NC1CC1NCc1cc[nH]c1. The van der Waals surface area contributed by atoms with Crippen molar-refractivity contribution in [3.05, 3.63) is 24.0 Å². The van der Waals surface area contributed by atoms with Crippen LogP contribution in [0, 0.1) is 0 Å². The summed E-state index contributed by atoms with van der Waals surface area (Å²) in [5.41, 5.74) is 0.783. The third kappa shape index (κ3) is 4.07. The minimum Gasteiger partial charge on any atom is -0.444 e. The van der Waals surface area contributed by atoms with E-state index in [-0.39, 0.29) is 12.1 Å². The first-order chi connectivity index (χ1) is 8.44. The Morgan fingerprint density at radius 3 is 2.89 bits per heavy atom. The molecule has 1 heterocycles. The Morgan fingerprint density at radius 1 is 1.50 bits per heavy atom. The van der Waals surface area contributed by atoms with Gasteiger partial charge in [-0.3, -0.25) is 0 Å². The van der Waals surface area contributed by atoms with Crippen LogP contribution in [0.2, 0.25) is 0 Å². The maximum atomic E-state index is 11.5. The van der Waals surface area contributed by atoms with Gasteiger partial charge in [0.2, 0.25) is 0 Å². The molecule has 0 saturated heterocycles. The van der Waals surface area contributed by atoms with E-state index >= 15 is 0 Å². The van der Waals surface area contributed by atoms with Crippen molar-refractivity contribution in [3.63, 3.8) is 0 Å². The fraction of sp³-hybridized carbons (Fsp3) is 0.615. The third-order valence-electron chi connectivity index (χ3n) is 2.72. The van der Waals surface area contributed by atoms with Crippen LogP contribution >= 0.6 is 0 Å². The minimum absolute atomic E-state index is 0.193. The molecule has 3 N–H and O–H groups in total. The zero-order valence-corrected chi connectivity index (χ0v) is 11.1. The van der Waals surface area contributed by atoms with Gasteiger partial charge in [-0.25, -0.2) is 4.79 Å². The molecular weight excluding hydrogens is 230 g/mol. The highest BCUT2D eigenvalue weighted by Gasteiger charge is 2.38. The summed E-state index contributed by atoms with van der Waals surface area (Å²) in [5.74, 6) is 0. The lowest BCUT2D eigenvalue weighted by Crippen LogP contribution is -2.36. The van der Waals surface area contributed by atoms with Gasteiger partial charge in [-0.05, 0) is 38.8 Å². The standard InChI is InChI=1S/C13H21N3O2/c1-13(2,3)18-12(17)16-11-6-10(11)15-8-9-4-5-14-7-9/h4-5,7,10-11,14-15H,6,8H2,1-3H3,(H,16,17). The molecule has 1 aromatic rings. The predicted octanol–water partition coefficient (Wildman–Crippen LogP) is 1.77. The van der Waals surface area contributed by atoms with Crippen LogP contribution in [0.5, 0.6) is 0 Å². The number of carbonyl (C=O) groups excluding carboxylic acids is 1. The molecule has 2 atom stereocenters. The molecule has 0 spiro atoms. The van der Waals surface area contributed by atoms with Gasteiger partial charge in [0.1, 0.15) is 5.60 Å². The Balaban J connectivity index is 1.64. The van der Waals surface area contributed by atoms with Crippen molar-refractivity contribution in [3.8, 4) is 0 Å². The number of alkyl carbamates (subject to hydrolysis) is 1.